The van der Waals surface area contributed by atoms with E-state index in [4.69, 9.17) is 14.2 Å². The summed E-state index contributed by atoms with van der Waals surface area (Å²) in [6.07, 6.45) is 87.3. The summed E-state index contributed by atoms with van der Waals surface area (Å²) in [5.74, 6) is -0.878. The van der Waals surface area contributed by atoms with Gasteiger partial charge in [-0.05, 0) is 116 Å². The quantitative estimate of drug-likeness (QED) is 0.0261. The van der Waals surface area contributed by atoms with Crippen LogP contribution in [0.2, 0.25) is 0 Å². The van der Waals surface area contributed by atoms with E-state index >= 15 is 0 Å². The van der Waals surface area contributed by atoms with E-state index in [0.717, 1.165) is 96.3 Å². The third-order valence-electron chi connectivity index (χ3n) is 14.6. The molecule has 6 heteroatoms. The second kappa shape index (κ2) is 66.1. The summed E-state index contributed by atoms with van der Waals surface area (Å²) in [5.41, 5.74) is 0. The molecule has 0 bridgehead atoms. The second-order valence-corrected chi connectivity index (χ2v) is 22.3. The van der Waals surface area contributed by atoms with E-state index < -0.39 is 6.10 Å². The number of unbranched alkanes of at least 4 members (excludes halogenated alkanes) is 36. The van der Waals surface area contributed by atoms with Gasteiger partial charge in [0.15, 0.2) is 6.10 Å². The summed E-state index contributed by atoms with van der Waals surface area (Å²) in [6.45, 7) is 6.54. The van der Waals surface area contributed by atoms with Crippen molar-refractivity contribution in [3.8, 4) is 0 Å². The molecule has 0 aliphatic carbocycles. The molecule has 78 heavy (non-hydrogen) atoms. The van der Waals surface area contributed by atoms with Crippen molar-refractivity contribution in [3.63, 3.8) is 0 Å². The topological polar surface area (TPSA) is 78.9 Å². The highest BCUT2D eigenvalue weighted by Gasteiger charge is 2.19. The van der Waals surface area contributed by atoms with Gasteiger partial charge in [0.25, 0.3) is 0 Å². The van der Waals surface area contributed by atoms with Crippen LogP contribution in [0, 0.1) is 0 Å². The minimum absolute atomic E-state index is 0.0805. The molecule has 0 aliphatic heterocycles. The molecule has 6 nitrogen and oxygen atoms in total. The minimum atomic E-state index is -0.785. The van der Waals surface area contributed by atoms with Crippen LogP contribution in [0.15, 0.2) is 85.1 Å². The molecule has 0 aliphatic rings. The number of esters is 3. The third kappa shape index (κ3) is 63.4. The third-order valence-corrected chi connectivity index (χ3v) is 14.6. The monoisotopic (exact) mass is 1090 g/mol. The van der Waals surface area contributed by atoms with Crippen molar-refractivity contribution in [3.05, 3.63) is 85.1 Å². The first kappa shape index (κ1) is 74.6. The zero-order valence-corrected chi connectivity index (χ0v) is 51.7. The van der Waals surface area contributed by atoms with Crippen molar-refractivity contribution in [2.45, 2.75) is 341 Å². The molecule has 1 unspecified atom stereocenters. The molecule has 0 spiro atoms. The van der Waals surface area contributed by atoms with Crippen molar-refractivity contribution >= 4 is 17.9 Å². The first-order valence-electron chi connectivity index (χ1n) is 33.6. The van der Waals surface area contributed by atoms with Crippen molar-refractivity contribution in [2.24, 2.45) is 0 Å². The molecule has 0 aromatic carbocycles. The highest BCUT2D eigenvalue weighted by atomic mass is 16.6. The molecule has 0 radical (unpaired) electrons. The fourth-order valence-corrected chi connectivity index (χ4v) is 9.58. The fraction of sp³-hybridized carbons (Fsp3) is 0.764. The normalized spacial score (nSPS) is 12.6. The van der Waals surface area contributed by atoms with Gasteiger partial charge in [-0.15, -0.1) is 0 Å². The van der Waals surface area contributed by atoms with Crippen LogP contribution < -0.4 is 0 Å². The molecule has 0 saturated carbocycles. The van der Waals surface area contributed by atoms with Crippen LogP contribution in [-0.2, 0) is 28.6 Å². The summed E-state index contributed by atoms with van der Waals surface area (Å²) in [5, 5.41) is 0. The molecule has 0 amide bonds. The molecule has 1 atom stereocenters. The van der Waals surface area contributed by atoms with Crippen molar-refractivity contribution < 1.29 is 28.6 Å². The number of rotatable bonds is 61. The predicted octanol–water partition coefficient (Wildman–Crippen LogP) is 23.1. The second-order valence-electron chi connectivity index (χ2n) is 22.3. The van der Waals surface area contributed by atoms with E-state index in [1.54, 1.807) is 0 Å². The highest BCUT2D eigenvalue weighted by Crippen LogP contribution is 2.17. The van der Waals surface area contributed by atoms with Gasteiger partial charge >= 0.3 is 17.9 Å². The number of hydrogen-bond acceptors (Lipinski definition) is 6. The maximum Gasteiger partial charge on any atom is 0.306 e. The molecule has 0 rings (SSSR count). The maximum absolute atomic E-state index is 12.9. The molecule has 0 N–H and O–H groups in total. The van der Waals surface area contributed by atoms with Crippen LogP contribution in [0.4, 0.5) is 0 Å². The van der Waals surface area contributed by atoms with Crippen molar-refractivity contribution in [1.82, 2.24) is 0 Å². The fourth-order valence-electron chi connectivity index (χ4n) is 9.58. The van der Waals surface area contributed by atoms with Gasteiger partial charge in [-0.25, -0.2) is 0 Å². The molecule has 0 saturated heterocycles. The Bertz CT molecular complexity index is 1480. The predicted molar refractivity (Wildman–Crippen MR) is 339 cm³/mol. The number of carbonyl (C=O) groups excluding carboxylic acids is 3. The lowest BCUT2D eigenvalue weighted by Gasteiger charge is -2.18. The smallest absolute Gasteiger partial charge is 0.306 e. The summed E-state index contributed by atoms with van der Waals surface area (Å²) < 4.78 is 17.0. The Labute approximate surface area is 484 Å². The van der Waals surface area contributed by atoms with Gasteiger partial charge in [0.05, 0.1) is 0 Å². The minimum Gasteiger partial charge on any atom is -0.462 e. The lowest BCUT2D eigenvalue weighted by atomic mass is 10.0. The van der Waals surface area contributed by atoms with Gasteiger partial charge in [0.2, 0.25) is 0 Å². The molecule has 0 aromatic rings. The van der Waals surface area contributed by atoms with Crippen LogP contribution >= 0.6 is 0 Å². The average molecular weight is 1090 g/mol. The lowest BCUT2D eigenvalue weighted by Crippen LogP contribution is -2.30. The number of hydrogen-bond donors (Lipinski definition) is 0. The molecule has 450 valence electrons. The number of ether oxygens (including phenoxy) is 3. The Hall–Kier alpha value is -3.41. The number of allylic oxidation sites excluding steroid dienone is 14. The first-order chi connectivity index (χ1) is 38.5. The Morgan fingerprint density at radius 1 is 0.269 bits per heavy atom. The van der Waals surface area contributed by atoms with E-state index in [0.29, 0.717) is 19.3 Å². The highest BCUT2D eigenvalue weighted by molar-refractivity contribution is 5.71. The zero-order chi connectivity index (χ0) is 56.4. The molecule has 0 fully saturated rings. The van der Waals surface area contributed by atoms with Crippen LogP contribution in [0.1, 0.15) is 335 Å². The largest absolute Gasteiger partial charge is 0.462 e. The SMILES string of the molecule is CC/C=C\C/C=C\C/C=C\C/C=C\CCCCCCCCCCCCC(=O)OCC(COC(=O)CCCCCCCCC/C=C\C/C=C\CCCCCC)OC(=O)CCCCCCCCCCC/C=C\CCCCCCCC. The van der Waals surface area contributed by atoms with E-state index in [2.05, 4.69) is 106 Å². The maximum atomic E-state index is 12.9. The Balaban J connectivity index is 4.38. The Kier molecular flexibility index (Phi) is 63.2. The average Bonchev–Trinajstić information content (AvgIpc) is 3.44. The Morgan fingerprint density at radius 3 is 0.808 bits per heavy atom. The summed E-state index contributed by atoms with van der Waals surface area (Å²) >= 11 is 0. The van der Waals surface area contributed by atoms with Crippen molar-refractivity contribution in [2.75, 3.05) is 13.2 Å². The van der Waals surface area contributed by atoms with Gasteiger partial charge in [0, 0.05) is 19.3 Å². The zero-order valence-electron chi connectivity index (χ0n) is 51.7. The first-order valence-corrected chi connectivity index (χ1v) is 33.6. The van der Waals surface area contributed by atoms with Gasteiger partial charge in [0.1, 0.15) is 13.2 Å². The van der Waals surface area contributed by atoms with E-state index in [1.807, 2.05) is 0 Å². The van der Waals surface area contributed by atoms with Crippen LogP contribution in [0.25, 0.3) is 0 Å². The standard InChI is InChI=1S/C72H126O6/c1-4-7-10-13-16-19-22-25-28-31-34-35-36-37-39-41-44-47-50-53-56-59-62-65-71(74)77-68-69(67-76-70(73)64-61-58-55-52-49-46-43-40-33-30-27-24-21-18-15-12-9-6-3)78-72(75)66-63-60-57-54-51-48-45-42-38-32-29-26-23-20-17-14-11-8-5-2/h7,10,16,19,21,24-26,28-30,33-35,69H,4-6,8-9,11-15,17-18,20,22-23,27,31-32,36-68H2,1-3H3/b10-7-,19-16-,24-21-,28-25-,29-26-,33-30-,35-34-. The van der Waals surface area contributed by atoms with Gasteiger partial charge in [-0.3, -0.25) is 14.4 Å². The van der Waals surface area contributed by atoms with Crippen LogP contribution in [-0.4, -0.2) is 37.2 Å². The molecular weight excluding hydrogens is 961 g/mol. The summed E-state index contributed by atoms with van der Waals surface area (Å²) in [7, 11) is 0. The van der Waals surface area contributed by atoms with Crippen molar-refractivity contribution in [1.29, 1.82) is 0 Å². The van der Waals surface area contributed by atoms with Gasteiger partial charge in [-0.1, -0.05) is 286 Å². The molecular formula is C72H126O6. The molecule has 0 aromatic heterocycles. The Morgan fingerprint density at radius 2 is 0.500 bits per heavy atom. The van der Waals surface area contributed by atoms with Crippen LogP contribution in [0.5, 0.6) is 0 Å². The lowest BCUT2D eigenvalue weighted by molar-refractivity contribution is -0.167. The van der Waals surface area contributed by atoms with Gasteiger partial charge < -0.3 is 14.2 Å². The van der Waals surface area contributed by atoms with E-state index in [9.17, 15) is 14.4 Å². The van der Waals surface area contributed by atoms with Gasteiger partial charge in [-0.2, -0.15) is 0 Å². The van der Waals surface area contributed by atoms with Crippen LogP contribution in [0.3, 0.4) is 0 Å². The summed E-state index contributed by atoms with van der Waals surface area (Å²) in [6, 6.07) is 0. The molecule has 0 heterocycles. The van der Waals surface area contributed by atoms with E-state index in [-0.39, 0.29) is 31.1 Å². The summed E-state index contributed by atoms with van der Waals surface area (Å²) in [4.78, 5) is 38.4. The number of carbonyl (C=O) groups is 3. The van der Waals surface area contributed by atoms with E-state index in [1.165, 1.54) is 199 Å².